The lowest BCUT2D eigenvalue weighted by Crippen LogP contribution is -2.50. The molecular weight excluding hydrogens is 456 g/mol. The van der Waals surface area contributed by atoms with Crippen molar-refractivity contribution in [3.8, 4) is 5.75 Å². The Bertz CT molecular complexity index is 1080. The predicted octanol–water partition coefficient (Wildman–Crippen LogP) is 2.27. The minimum Gasteiger partial charge on any atom is -0.490 e. The predicted molar refractivity (Wildman–Crippen MR) is 122 cm³/mol. The van der Waals surface area contributed by atoms with Crippen molar-refractivity contribution in [3.05, 3.63) is 52.6 Å². The van der Waals surface area contributed by atoms with Gasteiger partial charge in [0.1, 0.15) is 0 Å². The van der Waals surface area contributed by atoms with E-state index in [0.717, 1.165) is 11.0 Å². The molecule has 0 aromatic heterocycles. The van der Waals surface area contributed by atoms with E-state index in [1.54, 1.807) is 11.8 Å². The van der Waals surface area contributed by atoms with Crippen molar-refractivity contribution in [2.45, 2.75) is 9.79 Å². The Morgan fingerprint density at radius 2 is 1.81 bits per heavy atom. The van der Waals surface area contributed by atoms with Crippen molar-refractivity contribution in [1.29, 1.82) is 0 Å². The number of rotatable bonds is 8. The third kappa shape index (κ3) is 5.57. The zero-order valence-corrected chi connectivity index (χ0v) is 19.3. The zero-order chi connectivity index (χ0) is 23.3. The Hall–Kier alpha value is -2.67. The molecule has 172 valence electrons. The molecule has 1 amide bonds. The van der Waals surface area contributed by atoms with Crippen molar-refractivity contribution in [2.75, 3.05) is 51.4 Å². The first-order valence-corrected chi connectivity index (χ1v) is 12.4. The van der Waals surface area contributed by atoms with Crippen LogP contribution >= 0.6 is 11.8 Å². The van der Waals surface area contributed by atoms with Crippen molar-refractivity contribution >= 4 is 39.1 Å². The lowest BCUT2D eigenvalue weighted by atomic mass is 10.3. The molecule has 1 fully saturated rings. The molecule has 10 nitrogen and oxygen atoms in total. The number of anilines is 1. The SMILES string of the molecule is COc1ccc(S(=O)(=O)N2CCN(CC(=O)Nc3ccc(SC)cc3)CC2)cc1[N+](=O)[O-]. The van der Waals surface area contributed by atoms with Crippen LogP contribution in [0, 0.1) is 10.1 Å². The number of piperazine rings is 1. The third-order valence-corrected chi connectivity index (χ3v) is 7.70. The molecule has 1 heterocycles. The van der Waals surface area contributed by atoms with Crippen LogP contribution in [0.1, 0.15) is 0 Å². The standard InChI is InChI=1S/C20H24N4O6S2/c1-30-19-8-7-17(13-18(19)24(26)27)32(28,29)23-11-9-22(10-12-23)14-20(25)21-15-3-5-16(31-2)6-4-15/h3-8,13H,9-12,14H2,1-2H3,(H,21,25). The first-order valence-electron chi connectivity index (χ1n) is 9.73. The van der Waals surface area contributed by atoms with Gasteiger partial charge in [-0.25, -0.2) is 8.42 Å². The van der Waals surface area contributed by atoms with E-state index in [0.29, 0.717) is 18.8 Å². The first-order chi connectivity index (χ1) is 15.2. The quantitative estimate of drug-likeness (QED) is 0.347. The van der Waals surface area contributed by atoms with E-state index in [2.05, 4.69) is 5.32 Å². The van der Waals surface area contributed by atoms with Crippen molar-refractivity contribution in [2.24, 2.45) is 0 Å². The van der Waals surface area contributed by atoms with Gasteiger partial charge in [-0.2, -0.15) is 4.31 Å². The van der Waals surface area contributed by atoms with Gasteiger partial charge in [0, 0.05) is 42.8 Å². The minimum absolute atomic E-state index is 0.00660. The second kappa shape index (κ2) is 10.3. The maximum Gasteiger partial charge on any atom is 0.312 e. The number of ether oxygens (including phenoxy) is 1. The van der Waals surface area contributed by atoms with Crippen LogP contribution in [-0.4, -0.2) is 74.5 Å². The van der Waals surface area contributed by atoms with Gasteiger partial charge in [-0.3, -0.25) is 19.8 Å². The first kappa shape index (κ1) is 24.0. The fourth-order valence-electron chi connectivity index (χ4n) is 3.33. The third-order valence-electron chi connectivity index (χ3n) is 5.06. The summed E-state index contributed by atoms with van der Waals surface area (Å²) in [6.07, 6.45) is 1.98. The number of carbonyl (C=O) groups excluding carboxylic acids is 1. The molecule has 1 saturated heterocycles. The second-order valence-corrected chi connectivity index (χ2v) is 9.87. The Morgan fingerprint density at radius 1 is 1.16 bits per heavy atom. The summed E-state index contributed by atoms with van der Waals surface area (Å²) in [5, 5.41) is 14.1. The van der Waals surface area contributed by atoms with E-state index in [9.17, 15) is 23.3 Å². The topological polar surface area (TPSA) is 122 Å². The summed E-state index contributed by atoms with van der Waals surface area (Å²) in [6.45, 7) is 1.24. The number of methoxy groups -OCH3 is 1. The van der Waals surface area contributed by atoms with Crippen LogP contribution in [0.2, 0.25) is 0 Å². The molecule has 3 rings (SSSR count). The Morgan fingerprint density at radius 3 is 2.38 bits per heavy atom. The number of thioether (sulfide) groups is 1. The minimum atomic E-state index is -3.91. The molecule has 1 aliphatic heterocycles. The summed E-state index contributed by atoms with van der Waals surface area (Å²) >= 11 is 1.62. The number of hydrogen-bond donors (Lipinski definition) is 1. The molecule has 0 saturated carbocycles. The Balaban J connectivity index is 1.59. The van der Waals surface area contributed by atoms with Gasteiger partial charge in [-0.15, -0.1) is 11.8 Å². The number of nitro benzene ring substituents is 1. The number of amides is 1. The van der Waals surface area contributed by atoms with Crippen LogP contribution in [0.3, 0.4) is 0 Å². The molecule has 1 aliphatic rings. The molecule has 0 unspecified atom stereocenters. The lowest BCUT2D eigenvalue weighted by Gasteiger charge is -2.33. The molecule has 1 N–H and O–H groups in total. The molecule has 32 heavy (non-hydrogen) atoms. The van der Waals surface area contributed by atoms with Gasteiger partial charge in [0.25, 0.3) is 0 Å². The average molecular weight is 481 g/mol. The van der Waals surface area contributed by atoms with Gasteiger partial charge >= 0.3 is 5.69 Å². The second-order valence-electron chi connectivity index (χ2n) is 7.05. The summed E-state index contributed by atoms with van der Waals surface area (Å²) in [4.78, 5) is 25.7. The number of nitrogens with zero attached hydrogens (tertiary/aromatic N) is 3. The number of nitrogens with one attached hydrogen (secondary N) is 1. The molecular formula is C20H24N4O6S2. The van der Waals surface area contributed by atoms with Crippen LogP contribution in [0.5, 0.6) is 5.75 Å². The van der Waals surface area contributed by atoms with Gasteiger partial charge < -0.3 is 10.1 Å². The number of nitro groups is 1. The normalized spacial score (nSPS) is 15.3. The van der Waals surface area contributed by atoms with Gasteiger partial charge in [0.15, 0.2) is 5.75 Å². The van der Waals surface area contributed by atoms with E-state index >= 15 is 0 Å². The summed E-state index contributed by atoms with van der Waals surface area (Å²) in [7, 11) is -2.62. The highest BCUT2D eigenvalue weighted by molar-refractivity contribution is 7.98. The van der Waals surface area contributed by atoms with Crippen LogP contribution in [0.15, 0.2) is 52.3 Å². The number of benzene rings is 2. The van der Waals surface area contributed by atoms with E-state index in [4.69, 9.17) is 4.74 Å². The molecule has 2 aromatic rings. The van der Waals surface area contributed by atoms with E-state index in [1.165, 1.54) is 23.5 Å². The Kier molecular flexibility index (Phi) is 7.72. The maximum atomic E-state index is 12.9. The fourth-order valence-corrected chi connectivity index (χ4v) is 5.18. The molecule has 12 heteroatoms. The summed E-state index contributed by atoms with van der Waals surface area (Å²) in [5.41, 5.74) is 0.296. The molecule has 2 aromatic carbocycles. The highest BCUT2D eigenvalue weighted by Crippen LogP contribution is 2.30. The van der Waals surface area contributed by atoms with Crippen LogP contribution in [0.25, 0.3) is 0 Å². The highest BCUT2D eigenvalue weighted by Gasteiger charge is 2.31. The van der Waals surface area contributed by atoms with Crippen LogP contribution in [0.4, 0.5) is 11.4 Å². The maximum absolute atomic E-state index is 12.9. The fraction of sp³-hybridized carbons (Fsp3) is 0.350. The van der Waals surface area contributed by atoms with Crippen molar-refractivity contribution in [3.63, 3.8) is 0 Å². The summed E-state index contributed by atoms with van der Waals surface area (Å²) in [5.74, 6) is -0.183. The molecule has 0 spiro atoms. The molecule has 0 radical (unpaired) electrons. The number of hydrogen-bond acceptors (Lipinski definition) is 8. The highest BCUT2D eigenvalue weighted by atomic mass is 32.2. The Labute approximate surface area is 190 Å². The summed E-state index contributed by atoms with van der Waals surface area (Å²) in [6, 6.07) is 11.1. The van der Waals surface area contributed by atoms with Gasteiger partial charge in [0.2, 0.25) is 15.9 Å². The van der Waals surface area contributed by atoms with Gasteiger partial charge in [0.05, 0.1) is 23.5 Å². The number of carbonyl (C=O) groups is 1. The summed E-state index contributed by atoms with van der Waals surface area (Å²) < 4.78 is 32.1. The molecule has 0 bridgehead atoms. The average Bonchev–Trinajstić information content (AvgIpc) is 2.79. The van der Waals surface area contributed by atoms with E-state index in [-0.39, 0.29) is 36.2 Å². The smallest absolute Gasteiger partial charge is 0.312 e. The molecule has 0 atom stereocenters. The van der Waals surface area contributed by atoms with Crippen LogP contribution in [-0.2, 0) is 14.8 Å². The largest absolute Gasteiger partial charge is 0.490 e. The zero-order valence-electron chi connectivity index (χ0n) is 17.7. The van der Waals surface area contributed by atoms with Crippen molar-refractivity contribution in [1.82, 2.24) is 9.21 Å². The van der Waals surface area contributed by atoms with Crippen molar-refractivity contribution < 1.29 is 22.9 Å². The van der Waals surface area contributed by atoms with Gasteiger partial charge in [-0.05, 0) is 42.7 Å². The lowest BCUT2D eigenvalue weighted by molar-refractivity contribution is -0.386. The van der Waals surface area contributed by atoms with Gasteiger partial charge in [-0.1, -0.05) is 0 Å². The van der Waals surface area contributed by atoms with E-state index < -0.39 is 20.6 Å². The monoisotopic (exact) mass is 480 g/mol. The van der Waals surface area contributed by atoms with Crippen LogP contribution < -0.4 is 10.1 Å². The molecule has 0 aliphatic carbocycles. The van der Waals surface area contributed by atoms with E-state index in [1.807, 2.05) is 35.4 Å². The number of sulfonamides is 1.